The summed E-state index contributed by atoms with van der Waals surface area (Å²) in [7, 11) is 0. The van der Waals surface area contributed by atoms with Gasteiger partial charge in [0.2, 0.25) is 0 Å². The van der Waals surface area contributed by atoms with Crippen molar-refractivity contribution in [2.45, 2.75) is 92.9 Å². The van der Waals surface area contributed by atoms with Crippen molar-refractivity contribution >= 4 is 44.4 Å². The van der Waals surface area contributed by atoms with Gasteiger partial charge in [-0.1, -0.05) is 13.8 Å². The fourth-order valence-electron chi connectivity index (χ4n) is 6.45. The molecule has 0 unspecified atom stereocenters. The summed E-state index contributed by atoms with van der Waals surface area (Å²) in [5, 5.41) is 18.4. The zero-order chi connectivity index (χ0) is 30.0. The normalized spacial score (nSPS) is 13.0. The van der Waals surface area contributed by atoms with Gasteiger partial charge >= 0.3 is 0 Å². The third kappa shape index (κ3) is 5.30. The van der Waals surface area contributed by atoms with E-state index >= 15 is 0 Å². The highest BCUT2D eigenvalue weighted by Crippen LogP contribution is 2.38. The maximum atomic E-state index is 9.22. The number of aromatic nitrogens is 4. The number of hydrogen-bond donors (Lipinski definition) is 2. The second kappa shape index (κ2) is 12.2. The van der Waals surface area contributed by atoms with Gasteiger partial charge in [0, 0.05) is 34.9 Å². The standard InChI is InChI=1S/C36H40N6/c1-7-25-21(3)29-17-30-23(5)27(13-9-11-15-37)35(41-30)20-36-28(14-10-12-16-38)24(6)32(42-36)19-34-26(8-2)22(4)31(40-34)18-33(25)39-29/h17-20,39-40H,7-14H2,1-6H3. The predicted octanol–water partition coefficient (Wildman–Crippen LogP) is 9.31. The molecule has 6 heteroatoms. The van der Waals surface area contributed by atoms with Crippen LogP contribution in [0.1, 0.15) is 111 Å². The van der Waals surface area contributed by atoms with Gasteiger partial charge in [-0.25, -0.2) is 9.97 Å². The average molecular weight is 557 g/mol. The van der Waals surface area contributed by atoms with Crippen LogP contribution in [0.25, 0.3) is 44.4 Å². The van der Waals surface area contributed by atoms with Crippen LogP contribution in [-0.4, -0.2) is 19.9 Å². The van der Waals surface area contributed by atoms with Crippen LogP contribution in [-0.2, 0) is 12.8 Å². The highest BCUT2D eigenvalue weighted by atomic mass is 14.8. The van der Waals surface area contributed by atoms with E-state index < -0.39 is 0 Å². The number of aromatic amines is 2. The lowest BCUT2D eigenvalue weighted by Gasteiger charge is -2.05. The lowest BCUT2D eigenvalue weighted by molar-refractivity contribution is 0.885. The van der Waals surface area contributed by atoms with Gasteiger partial charge in [-0.2, -0.15) is 10.5 Å². The number of fused-ring (bicyclic) bond motifs is 8. The van der Waals surface area contributed by atoms with Crippen molar-refractivity contribution in [2.75, 3.05) is 0 Å². The molecule has 0 aromatic carbocycles. The van der Waals surface area contributed by atoms with E-state index in [0.717, 1.165) is 94.5 Å². The highest BCUT2D eigenvalue weighted by Gasteiger charge is 2.21. The van der Waals surface area contributed by atoms with E-state index in [1.165, 1.54) is 33.4 Å². The molecule has 6 nitrogen and oxygen atoms in total. The number of nitrogens with one attached hydrogen (secondary N) is 2. The van der Waals surface area contributed by atoms with Gasteiger partial charge in [0.15, 0.2) is 0 Å². The van der Waals surface area contributed by atoms with Crippen LogP contribution in [0, 0.1) is 36.5 Å². The van der Waals surface area contributed by atoms with Crippen LogP contribution >= 0.6 is 0 Å². The largest absolute Gasteiger partial charge is 0.355 e. The van der Waals surface area contributed by atoms with Gasteiger partial charge in [-0.15, -0.1) is 0 Å². The van der Waals surface area contributed by atoms with Crippen molar-refractivity contribution < 1.29 is 0 Å². The Balaban J connectivity index is 1.90. The summed E-state index contributed by atoms with van der Waals surface area (Å²) < 4.78 is 0. The lowest BCUT2D eigenvalue weighted by Crippen LogP contribution is -1.88. The topological polar surface area (TPSA) is 105 Å². The van der Waals surface area contributed by atoms with Crippen molar-refractivity contribution in [2.24, 2.45) is 0 Å². The first kappa shape index (κ1) is 29.1. The van der Waals surface area contributed by atoms with Crippen LogP contribution in [0.15, 0.2) is 24.3 Å². The number of allylic oxidation sites excluding steroid dienone is 4. The first-order chi connectivity index (χ1) is 20.3. The summed E-state index contributed by atoms with van der Waals surface area (Å²) in [4.78, 5) is 17.8. The van der Waals surface area contributed by atoms with Gasteiger partial charge in [0.1, 0.15) is 0 Å². The van der Waals surface area contributed by atoms with Crippen LogP contribution in [0.3, 0.4) is 0 Å². The van der Waals surface area contributed by atoms with Crippen molar-refractivity contribution in [1.82, 2.24) is 19.9 Å². The number of unbranched alkanes of at least 4 members (excludes halogenated alkanes) is 2. The third-order valence-electron chi connectivity index (χ3n) is 8.94. The molecule has 5 rings (SSSR count). The number of aryl methyl sites for hydroxylation is 4. The van der Waals surface area contributed by atoms with E-state index in [2.05, 4.69) is 87.9 Å². The van der Waals surface area contributed by atoms with Crippen LogP contribution in [0.5, 0.6) is 0 Å². The zero-order valence-electron chi connectivity index (χ0n) is 25.8. The van der Waals surface area contributed by atoms with E-state index in [0.29, 0.717) is 12.8 Å². The Hall–Kier alpha value is -4.42. The fourth-order valence-corrected chi connectivity index (χ4v) is 6.45. The molecule has 2 aliphatic heterocycles. The summed E-state index contributed by atoms with van der Waals surface area (Å²) in [6.07, 6.45) is 6.05. The van der Waals surface area contributed by atoms with E-state index in [9.17, 15) is 10.5 Å². The molecule has 42 heavy (non-hydrogen) atoms. The van der Waals surface area contributed by atoms with Gasteiger partial charge < -0.3 is 9.97 Å². The lowest BCUT2D eigenvalue weighted by atomic mass is 9.97. The van der Waals surface area contributed by atoms with Crippen LogP contribution < -0.4 is 0 Å². The molecule has 2 aliphatic rings. The molecular weight excluding hydrogens is 516 g/mol. The molecule has 8 bridgehead atoms. The van der Waals surface area contributed by atoms with Gasteiger partial charge in [0.25, 0.3) is 0 Å². The second-order valence-corrected chi connectivity index (χ2v) is 11.4. The molecule has 3 aromatic heterocycles. The molecule has 5 heterocycles. The summed E-state index contributed by atoms with van der Waals surface area (Å²) >= 11 is 0. The minimum Gasteiger partial charge on any atom is -0.355 e. The average Bonchev–Trinajstić information content (AvgIpc) is 3.63. The smallest absolute Gasteiger partial charge is 0.0694 e. The van der Waals surface area contributed by atoms with Crippen molar-refractivity contribution in [1.29, 1.82) is 10.5 Å². The maximum absolute atomic E-state index is 9.22. The zero-order valence-corrected chi connectivity index (χ0v) is 25.8. The Labute approximate surface area is 248 Å². The number of nitrogens with zero attached hydrogens (tertiary/aromatic N) is 4. The SMILES string of the molecule is CCc1c(C)c2cc3[nH]c(cc4nc(cc5nc(cc1[nH]2)C(C)=C5CCCC#N)C(CCCC#N)=C4C)c(C)c3CC. The van der Waals surface area contributed by atoms with Crippen molar-refractivity contribution in [3.63, 3.8) is 0 Å². The van der Waals surface area contributed by atoms with E-state index in [-0.39, 0.29) is 0 Å². The first-order valence-corrected chi connectivity index (χ1v) is 15.2. The maximum Gasteiger partial charge on any atom is 0.0694 e. The number of nitriles is 2. The molecular formula is C36H40N6. The van der Waals surface area contributed by atoms with Crippen LogP contribution in [0.4, 0.5) is 0 Å². The summed E-state index contributed by atoms with van der Waals surface area (Å²) in [5.41, 5.74) is 18.0. The van der Waals surface area contributed by atoms with Gasteiger partial charge in [-0.05, 0) is 135 Å². The number of H-pyrrole nitrogens is 2. The molecule has 0 saturated heterocycles. The Morgan fingerprint density at radius 2 is 1.02 bits per heavy atom. The Kier molecular flexibility index (Phi) is 8.46. The molecule has 2 N–H and O–H groups in total. The molecule has 0 fully saturated rings. The Bertz CT molecular complexity index is 1860. The second-order valence-electron chi connectivity index (χ2n) is 11.4. The third-order valence-corrected chi connectivity index (χ3v) is 8.94. The first-order valence-electron chi connectivity index (χ1n) is 15.2. The quantitative estimate of drug-likeness (QED) is 0.270. The van der Waals surface area contributed by atoms with E-state index in [1.54, 1.807) is 0 Å². The molecule has 0 aliphatic carbocycles. The Morgan fingerprint density at radius 3 is 1.48 bits per heavy atom. The van der Waals surface area contributed by atoms with E-state index in [1.807, 2.05) is 0 Å². The summed E-state index contributed by atoms with van der Waals surface area (Å²) in [5.74, 6) is 0. The monoisotopic (exact) mass is 556 g/mol. The van der Waals surface area contributed by atoms with Crippen molar-refractivity contribution in [3.8, 4) is 12.1 Å². The number of rotatable bonds is 8. The molecule has 0 amide bonds. The van der Waals surface area contributed by atoms with Crippen LogP contribution in [0.2, 0.25) is 0 Å². The molecule has 0 saturated carbocycles. The molecule has 3 aromatic rings. The summed E-state index contributed by atoms with van der Waals surface area (Å²) in [6, 6.07) is 13.3. The van der Waals surface area contributed by atoms with Gasteiger partial charge in [0.05, 0.1) is 34.9 Å². The van der Waals surface area contributed by atoms with E-state index in [4.69, 9.17) is 9.97 Å². The fraction of sp³-hybridized carbons (Fsp3) is 0.389. The molecule has 0 atom stereocenters. The molecule has 214 valence electrons. The minimum atomic E-state index is 0.515. The Morgan fingerprint density at radius 1 is 0.595 bits per heavy atom. The van der Waals surface area contributed by atoms with Gasteiger partial charge in [-0.3, -0.25) is 0 Å². The summed E-state index contributed by atoms with van der Waals surface area (Å²) in [6.45, 7) is 13.1. The molecule has 0 spiro atoms. The number of hydrogen-bond acceptors (Lipinski definition) is 4. The molecule has 0 radical (unpaired) electrons. The van der Waals surface area contributed by atoms with Crippen molar-refractivity contribution in [3.05, 3.63) is 69.3 Å². The minimum absolute atomic E-state index is 0.515. The predicted molar refractivity (Wildman–Crippen MR) is 173 cm³/mol. The highest BCUT2D eigenvalue weighted by molar-refractivity contribution is 5.95.